The lowest BCUT2D eigenvalue weighted by molar-refractivity contribution is -0.122. The molecule has 0 heterocycles. The minimum atomic E-state index is -0.130. The van der Waals surface area contributed by atoms with Crippen molar-refractivity contribution in [3.8, 4) is 0 Å². The molecule has 0 fully saturated rings. The third-order valence-corrected chi connectivity index (χ3v) is 4.61. The molecule has 0 saturated carbocycles. The van der Waals surface area contributed by atoms with Gasteiger partial charge in [-0.1, -0.05) is 60.3 Å². The van der Waals surface area contributed by atoms with Crippen LogP contribution in [0.5, 0.6) is 0 Å². The predicted molar refractivity (Wildman–Crippen MR) is 122 cm³/mol. The molecule has 0 aliphatic rings. The monoisotopic (exact) mass is 446 g/mol. The molecule has 2 rings (SSSR count). The number of hydrazone groups is 2. The second kappa shape index (κ2) is 13.5. The van der Waals surface area contributed by atoms with Gasteiger partial charge in [0.15, 0.2) is 0 Å². The first-order chi connectivity index (χ1) is 14.5. The van der Waals surface area contributed by atoms with E-state index < -0.39 is 0 Å². The van der Waals surface area contributed by atoms with Crippen LogP contribution in [0, 0.1) is 0 Å². The van der Waals surface area contributed by atoms with E-state index in [-0.39, 0.29) is 11.8 Å². The fraction of sp³-hybridized carbons (Fsp3) is 0.273. The number of nitrogens with one attached hydrogen (secondary N) is 2. The maximum atomic E-state index is 11.7. The summed E-state index contributed by atoms with van der Waals surface area (Å²) in [5.41, 5.74) is 6.72. The third-order valence-electron chi connectivity index (χ3n) is 4.10. The second-order valence-corrected chi connectivity index (χ2v) is 7.48. The molecule has 0 radical (unpaired) electrons. The first kappa shape index (κ1) is 23.6. The number of nitrogens with zero attached hydrogens (tertiary/aromatic N) is 2. The second-order valence-electron chi connectivity index (χ2n) is 6.60. The first-order valence-electron chi connectivity index (χ1n) is 9.68. The number of amides is 2. The van der Waals surface area contributed by atoms with Crippen molar-refractivity contribution in [3.63, 3.8) is 0 Å². The number of carbonyl (C=O) groups excluding carboxylic acids is 2. The maximum Gasteiger partial charge on any atom is 0.240 e. The van der Waals surface area contributed by atoms with Crippen molar-refractivity contribution in [2.24, 2.45) is 10.2 Å². The molecule has 2 aromatic carbocycles. The Morgan fingerprint density at radius 3 is 1.40 bits per heavy atom. The molecule has 0 saturated heterocycles. The molecular formula is C22H24Cl2N4O2. The Labute approximate surface area is 186 Å². The highest BCUT2D eigenvalue weighted by Crippen LogP contribution is 2.09. The zero-order chi connectivity index (χ0) is 21.6. The molecule has 158 valence electrons. The third kappa shape index (κ3) is 10.2. The zero-order valence-corrected chi connectivity index (χ0v) is 18.0. The minimum absolute atomic E-state index is 0.130. The van der Waals surface area contributed by atoms with Crippen molar-refractivity contribution in [1.82, 2.24) is 10.9 Å². The van der Waals surface area contributed by atoms with E-state index in [0.717, 1.165) is 36.8 Å². The molecule has 2 aromatic rings. The summed E-state index contributed by atoms with van der Waals surface area (Å²) in [6, 6.07) is 14.3. The average Bonchev–Trinajstić information content (AvgIpc) is 2.73. The van der Waals surface area contributed by atoms with E-state index in [1.165, 1.54) is 0 Å². The Kier molecular flexibility index (Phi) is 10.6. The van der Waals surface area contributed by atoms with Crippen LogP contribution in [0.25, 0.3) is 0 Å². The van der Waals surface area contributed by atoms with Crippen LogP contribution in [0.2, 0.25) is 10.0 Å². The topological polar surface area (TPSA) is 82.9 Å². The Balaban J connectivity index is 1.49. The van der Waals surface area contributed by atoms with Gasteiger partial charge in [-0.25, -0.2) is 10.9 Å². The van der Waals surface area contributed by atoms with E-state index in [0.29, 0.717) is 22.9 Å². The molecule has 0 spiro atoms. The van der Waals surface area contributed by atoms with Crippen LogP contribution in [0.15, 0.2) is 58.7 Å². The molecule has 8 heteroatoms. The van der Waals surface area contributed by atoms with E-state index in [4.69, 9.17) is 23.2 Å². The van der Waals surface area contributed by atoms with Gasteiger partial charge in [0.25, 0.3) is 0 Å². The number of carbonyl (C=O) groups is 2. The summed E-state index contributed by atoms with van der Waals surface area (Å²) in [4.78, 5) is 23.5. The molecule has 2 amide bonds. The molecule has 2 N–H and O–H groups in total. The van der Waals surface area contributed by atoms with Gasteiger partial charge in [-0.2, -0.15) is 10.2 Å². The van der Waals surface area contributed by atoms with Gasteiger partial charge in [-0.15, -0.1) is 0 Å². The standard InChI is InChI=1S/C22H24Cl2N4O2/c23-19-11-7-17(8-12-19)15-25-27-21(29)5-3-1-2-4-6-22(30)28-26-16-18-9-13-20(24)14-10-18/h7-16H,1-6H2,(H,27,29)(H,28,30). The molecule has 0 bridgehead atoms. The summed E-state index contributed by atoms with van der Waals surface area (Å²) in [5.74, 6) is -0.260. The molecular weight excluding hydrogens is 423 g/mol. The smallest absolute Gasteiger partial charge is 0.240 e. The zero-order valence-electron chi connectivity index (χ0n) is 16.5. The van der Waals surface area contributed by atoms with Crippen molar-refractivity contribution < 1.29 is 9.59 Å². The van der Waals surface area contributed by atoms with Crippen LogP contribution in [0.4, 0.5) is 0 Å². The van der Waals surface area contributed by atoms with Gasteiger partial charge < -0.3 is 0 Å². The summed E-state index contributed by atoms with van der Waals surface area (Å²) >= 11 is 11.6. The highest BCUT2D eigenvalue weighted by molar-refractivity contribution is 6.30. The highest BCUT2D eigenvalue weighted by Gasteiger charge is 2.02. The van der Waals surface area contributed by atoms with Crippen LogP contribution < -0.4 is 10.9 Å². The maximum absolute atomic E-state index is 11.7. The van der Waals surface area contributed by atoms with E-state index in [1.807, 2.05) is 24.3 Å². The van der Waals surface area contributed by atoms with Gasteiger partial charge in [0.2, 0.25) is 11.8 Å². The van der Waals surface area contributed by atoms with Gasteiger partial charge in [0.1, 0.15) is 0 Å². The lowest BCUT2D eigenvalue weighted by Gasteiger charge is -2.02. The van der Waals surface area contributed by atoms with Crippen LogP contribution >= 0.6 is 23.2 Å². The number of benzene rings is 2. The molecule has 0 aliphatic heterocycles. The molecule has 6 nitrogen and oxygen atoms in total. The summed E-state index contributed by atoms with van der Waals surface area (Å²) < 4.78 is 0. The molecule has 0 aliphatic carbocycles. The quantitative estimate of drug-likeness (QED) is 0.291. The Bertz CT molecular complexity index is 792. The van der Waals surface area contributed by atoms with E-state index in [2.05, 4.69) is 21.1 Å². The normalized spacial score (nSPS) is 11.1. The fourth-order valence-electron chi connectivity index (χ4n) is 2.49. The molecule has 0 aromatic heterocycles. The van der Waals surface area contributed by atoms with Gasteiger partial charge in [-0.3, -0.25) is 9.59 Å². The van der Waals surface area contributed by atoms with Crippen LogP contribution in [0.1, 0.15) is 49.7 Å². The molecule has 30 heavy (non-hydrogen) atoms. The summed E-state index contributed by atoms with van der Waals surface area (Å²) in [7, 11) is 0. The SMILES string of the molecule is O=C(CCCCCCC(=O)NN=Cc1ccc(Cl)cc1)NN=Cc1ccc(Cl)cc1. The molecule has 0 atom stereocenters. The van der Waals surface area contributed by atoms with Crippen LogP contribution in [-0.2, 0) is 9.59 Å². The summed E-state index contributed by atoms with van der Waals surface area (Å²) in [6.45, 7) is 0. The largest absolute Gasteiger partial charge is 0.273 e. The van der Waals surface area contributed by atoms with Crippen molar-refractivity contribution in [2.75, 3.05) is 0 Å². The highest BCUT2D eigenvalue weighted by atomic mass is 35.5. The van der Waals surface area contributed by atoms with Crippen molar-refractivity contribution >= 4 is 47.4 Å². The number of halogens is 2. The number of hydrogen-bond acceptors (Lipinski definition) is 4. The van der Waals surface area contributed by atoms with Crippen LogP contribution in [-0.4, -0.2) is 24.2 Å². The minimum Gasteiger partial charge on any atom is -0.273 e. The first-order valence-corrected chi connectivity index (χ1v) is 10.4. The Morgan fingerprint density at radius 1 is 0.667 bits per heavy atom. The van der Waals surface area contributed by atoms with E-state index in [1.54, 1.807) is 36.7 Å². The number of hydrogen-bond donors (Lipinski definition) is 2. The Hall–Kier alpha value is -2.70. The number of rotatable bonds is 11. The fourth-order valence-corrected chi connectivity index (χ4v) is 2.74. The van der Waals surface area contributed by atoms with Crippen molar-refractivity contribution in [2.45, 2.75) is 38.5 Å². The lowest BCUT2D eigenvalue weighted by Crippen LogP contribution is -2.17. The molecule has 0 unspecified atom stereocenters. The van der Waals surface area contributed by atoms with Gasteiger partial charge in [0.05, 0.1) is 12.4 Å². The van der Waals surface area contributed by atoms with Crippen molar-refractivity contribution in [3.05, 3.63) is 69.7 Å². The lowest BCUT2D eigenvalue weighted by atomic mass is 10.1. The van der Waals surface area contributed by atoms with Gasteiger partial charge in [-0.05, 0) is 48.2 Å². The average molecular weight is 447 g/mol. The van der Waals surface area contributed by atoms with Crippen molar-refractivity contribution in [1.29, 1.82) is 0 Å². The van der Waals surface area contributed by atoms with E-state index >= 15 is 0 Å². The Morgan fingerprint density at radius 2 is 1.03 bits per heavy atom. The summed E-state index contributed by atoms with van der Waals surface area (Å²) in [6.07, 6.45) is 7.18. The van der Waals surface area contributed by atoms with Gasteiger partial charge in [0, 0.05) is 22.9 Å². The van der Waals surface area contributed by atoms with Crippen LogP contribution in [0.3, 0.4) is 0 Å². The van der Waals surface area contributed by atoms with E-state index in [9.17, 15) is 9.59 Å². The summed E-state index contributed by atoms with van der Waals surface area (Å²) in [5, 5.41) is 9.15. The predicted octanol–water partition coefficient (Wildman–Crippen LogP) is 4.93. The van der Waals surface area contributed by atoms with Gasteiger partial charge >= 0.3 is 0 Å². The number of unbranched alkanes of at least 4 members (excludes halogenated alkanes) is 3.